The van der Waals surface area contributed by atoms with Gasteiger partial charge in [0.25, 0.3) is 0 Å². The minimum absolute atomic E-state index is 0.598. The van der Waals surface area contributed by atoms with Crippen molar-refractivity contribution < 1.29 is 19.4 Å². The van der Waals surface area contributed by atoms with Crippen LogP contribution in [0.1, 0.15) is 0 Å². The fraction of sp³-hybridized carbons (Fsp3) is 0.333. The highest BCUT2D eigenvalue weighted by Gasteiger charge is 2.17. The molecule has 0 amide bonds. The van der Waals surface area contributed by atoms with Crippen LogP contribution in [-0.4, -0.2) is 37.1 Å². The first-order chi connectivity index (χ1) is 5.57. The van der Waals surface area contributed by atoms with Crippen molar-refractivity contribution in [1.82, 2.24) is 0 Å². The third kappa shape index (κ3) is 5.00. The summed E-state index contributed by atoms with van der Waals surface area (Å²) in [7, 11) is -0.354. The van der Waals surface area contributed by atoms with Crippen LogP contribution in [0.5, 0.6) is 0 Å². The van der Waals surface area contributed by atoms with Gasteiger partial charge in [0.15, 0.2) is 0 Å². The first kappa shape index (κ1) is 11.3. The van der Waals surface area contributed by atoms with E-state index < -0.39 is 19.2 Å². The highest BCUT2D eigenvalue weighted by Crippen LogP contribution is 2.16. The second-order valence-corrected chi connectivity index (χ2v) is 4.37. The lowest BCUT2D eigenvalue weighted by Crippen LogP contribution is -2.07. The van der Waals surface area contributed by atoms with Crippen LogP contribution in [0.15, 0.2) is 0 Å². The quantitative estimate of drug-likeness (QED) is 0.391. The van der Waals surface area contributed by atoms with Crippen LogP contribution in [0.25, 0.3) is 0 Å². The molecule has 0 aliphatic rings. The number of carbonyl (C=O) groups is 2. The zero-order chi connectivity index (χ0) is 9.56. The van der Waals surface area contributed by atoms with Crippen molar-refractivity contribution in [3.8, 4) is 0 Å². The Kier molecular flexibility index (Phi) is 5.52. The predicted octanol–water partition coefficient (Wildman–Crippen LogP) is 1.50. The summed E-state index contributed by atoms with van der Waals surface area (Å²) in [5.41, 5.74) is -0.598. The highest BCUT2D eigenvalue weighted by atomic mass is 31.1. The van der Waals surface area contributed by atoms with Crippen molar-refractivity contribution in [2.75, 3.05) is 13.3 Å². The van der Waals surface area contributed by atoms with Gasteiger partial charge in [-0.05, 0) is 6.66 Å². The normalized spacial score (nSPS) is 11.0. The summed E-state index contributed by atoms with van der Waals surface area (Å²) in [6.07, 6.45) is 3.45. The second kappa shape index (κ2) is 5.87. The van der Waals surface area contributed by atoms with Gasteiger partial charge in [0.1, 0.15) is 6.66 Å². The lowest BCUT2D eigenvalue weighted by atomic mass is 10.8. The van der Waals surface area contributed by atoms with Crippen molar-refractivity contribution in [2.45, 2.75) is 0 Å². The van der Waals surface area contributed by atoms with E-state index >= 15 is 0 Å². The molecule has 0 aromatic rings. The lowest BCUT2D eigenvalue weighted by Gasteiger charge is -1.92. The Morgan fingerprint density at radius 2 is 2.08 bits per heavy atom. The van der Waals surface area contributed by atoms with E-state index in [4.69, 9.17) is 0 Å². The molecule has 0 N–H and O–H groups in total. The molecule has 0 bridgehead atoms. The molecule has 1 unspecified atom stereocenters. The first-order valence-corrected chi connectivity index (χ1v) is 6.35. The van der Waals surface area contributed by atoms with E-state index in [9.17, 15) is 9.59 Å². The smallest absolute Gasteiger partial charge is 0.242 e. The van der Waals surface area contributed by atoms with E-state index in [0.29, 0.717) is 0 Å². The molecule has 0 spiro atoms. The molecule has 0 fully saturated rings. The van der Waals surface area contributed by atoms with E-state index in [1.807, 2.05) is 0 Å². The number of rotatable bonds is 2. The number of hydrogen-bond donors (Lipinski definition) is 0. The second-order valence-electron chi connectivity index (χ2n) is 1.84. The average molecular weight is 207 g/mol. The maximum atomic E-state index is 10.7. The van der Waals surface area contributed by atoms with Gasteiger partial charge in [-0.2, -0.15) is 9.68 Å². The highest BCUT2D eigenvalue weighted by molar-refractivity contribution is 7.71. The SMILES string of the molecule is C=[P+](C)C(=O)OOC(=O)C=PC. The van der Waals surface area contributed by atoms with Crippen LogP contribution in [0.3, 0.4) is 0 Å². The van der Waals surface area contributed by atoms with E-state index in [-0.39, 0.29) is 0 Å². The third-order valence-corrected chi connectivity index (χ3v) is 1.91. The van der Waals surface area contributed by atoms with Crippen LogP contribution in [0.4, 0.5) is 4.79 Å². The van der Waals surface area contributed by atoms with Gasteiger partial charge >= 0.3 is 11.7 Å². The molecule has 0 aromatic carbocycles. The molecule has 66 valence electrons. The minimum atomic E-state index is -1.11. The molecule has 0 saturated carbocycles. The molecule has 0 radical (unpaired) electrons. The Labute approximate surface area is 73.0 Å². The molecular formula is C6H9O4P2+. The van der Waals surface area contributed by atoms with E-state index in [0.717, 1.165) is 8.20 Å². The van der Waals surface area contributed by atoms with Crippen LogP contribution in [0, 0.1) is 0 Å². The maximum absolute atomic E-state index is 10.7. The molecule has 0 aliphatic carbocycles. The molecule has 6 heteroatoms. The van der Waals surface area contributed by atoms with E-state index in [1.165, 1.54) is 5.80 Å². The van der Waals surface area contributed by atoms with Gasteiger partial charge in [-0.3, -0.25) is 0 Å². The van der Waals surface area contributed by atoms with E-state index in [2.05, 4.69) is 16.1 Å². The Hall–Kier alpha value is -0.720. The summed E-state index contributed by atoms with van der Waals surface area (Å²) < 4.78 is 0. The van der Waals surface area contributed by atoms with Crippen molar-refractivity contribution in [3.63, 3.8) is 0 Å². The van der Waals surface area contributed by atoms with Gasteiger partial charge in [-0.25, -0.2) is 9.68 Å². The molecule has 4 nitrogen and oxygen atoms in total. The molecule has 0 heterocycles. The fourth-order valence-electron chi connectivity index (χ4n) is 0.267. The number of carbonyl (C=O) groups excluding carboxylic acids is 2. The largest absolute Gasteiger partial charge is 0.549 e. The predicted molar refractivity (Wildman–Crippen MR) is 51.4 cm³/mol. The summed E-state index contributed by atoms with van der Waals surface area (Å²) in [5.74, 6) is 0.582. The van der Waals surface area contributed by atoms with Crippen molar-refractivity contribution in [1.29, 1.82) is 0 Å². The van der Waals surface area contributed by atoms with Crippen molar-refractivity contribution in [3.05, 3.63) is 0 Å². The molecular weight excluding hydrogens is 198 g/mol. The van der Waals surface area contributed by atoms with Gasteiger partial charge in [0.2, 0.25) is 7.55 Å². The molecule has 12 heavy (non-hydrogen) atoms. The summed E-state index contributed by atoms with van der Waals surface area (Å²) in [5, 5.41) is 0. The van der Waals surface area contributed by atoms with Crippen LogP contribution in [-0.2, 0) is 14.6 Å². The van der Waals surface area contributed by atoms with Gasteiger partial charge in [-0.15, -0.1) is 8.20 Å². The zero-order valence-corrected chi connectivity index (χ0v) is 8.60. The van der Waals surface area contributed by atoms with Crippen molar-refractivity contribution in [2.24, 2.45) is 0 Å². The maximum Gasteiger partial charge on any atom is 0.549 e. The topological polar surface area (TPSA) is 52.6 Å². The molecule has 1 atom stereocenters. The van der Waals surface area contributed by atoms with Crippen LogP contribution >= 0.6 is 15.7 Å². The fourth-order valence-corrected chi connectivity index (χ4v) is 0.686. The average Bonchev–Trinajstić information content (AvgIpc) is 2.00. The molecule has 0 aliphatic heterocycles. The Morgan fingerprint density at radius 3 is 2.50 bits per heavy atom. The zero-order valence-electron chi connectivity index (χ0n) is 6.81. The first-order valence-electron chi connectivity index (χ1n) is 2.96. The summed E-state index contributed by atoms with van der Waals surface area (Å²) in [6, 6.07) is 0. The van der Waals surface area contributed by atoms with Crippen molar-refractivity contribution >= 4 is 39.5 Å². The Morgan fingerprint density at radius 1 is 1.50 bits per heavy atom. The van der Waals surface area contributed by atoms with Crippen LogP contribution < -0.4 is 0 Å². The Bertz CT molecular complexity index is 234. The molecule has 0 aromatic heterocycles. The van der Waals surface area contributed by atoms with Gasteiger partial charge in [-0.1, -0.05) is 0 Å². The summed E-state index contributed by atoms with van der Waals surface area (Å²) in [4.78, 5) is 29.6. The summed E-state index contributed by atoms with van der Waals surface area (Å²) in [6.45, 7) is 3.35. The van der Waals surface area contributed by atoms with Gasteiger partial charge in [0, 0.05) is 0 Å². The monoisotopic (exact) mass is 207 g/mol. The Balaban J connectivity index is 3.76. The van der Waals surface area contributed by atoms with Gasteiger partial charge in [0.05, 0.1) is 12.1 Å². The van der Waals surface area contributed by atoms with Crippen LogP contribution in [0.2, 0.25) is 0 Å². The van der Waals surface area contributed by atoms with E-state index in [1.54, 1.807) is 13.3 Å². The molecule has 0 saturated heterocycles. The van der Waals surface area contributed by atoms with Gasteiger partial charge < -0.3 is 0 Å². The molecule has 0 rings (SSSR count). The summed E-state index contributed by atoms with van der Waals surface area (Å²) >= 11 is 0. The standard InChI is InChI=1S/C6H9O4P2/c1-11-4-5(7)9-10-6(8)12(2)3/h4H,2H2,1,3H3/q+1. The lowest BCUT2D eigenvalue weighted by molar-refractivity contribution is -0.217. The third-order valence-electron chi connectivity index (χ3n) is 0.741. The minimum Gasteiger partial charge on any atom is -0.242 e. The number of hydrogen-bond acceptors (Lipinski definition) is 4.